The Labute approximate surface area is 135 Å². The van der Waals surface area contributed by atoms with Crippen LogP contribution in [0.25, 0.3) is 11.7 Å². The zero-order valence-corrected chi connectivity index (χ0v) is 12.5. The molecule has 0 spiro atoms. The maximum atomic E-state index is 12.0. The summed E-state index contributed by atoms with van der Waals surface area (Å²) in [7, 11) is 0. The Bertz CT molecular complexity index is 885. The second-order valence-electron chi connectivity index (χ2n) is 4.81. The fourth-order valence-electron chi connectivity index (χ4n) is 1.96. The van der Waals surface area contributed by atoms with Crippen molar-refractivity contribution in [1.82, 2.24) is 10.2 Å². The number of aryl methyl sites for hydroxylation is 1. The van der Waals surface area contributed by atoms with Gasteiger partial charge in [-0.05, 0) is 25.1 Å². The third-order valence-electron chi connectivity index (χ3n) is 3.17. The summed E-state index contributed by atoms with van der Waals surface area (Å²) in [5.74, 6) is -0.0848. The Morgan fingerprint density at radius 1 is 1.33 bits per heavy atom. The Morgan fingerprint density at radius 3 is 2.88 bits per heavy atom. The molecule has 24 heavy (non-hydrogen) atoms. The molecule has 0 atom stereocenters. The van der Waals surface area contributed by atoms with Gasteiger partial charge >= 0.3 is 5.97 Å². The topological polar surface area (TPSA) is 122 Å². The molecule has 0 fully saturated rings. The van der Waals surface area contributed by atoms with Gasteiger partial charge < -0.3 is 13.6 Å². The van der Waals surface area contributed by atoms with Gasteiger partial charge in [-0.1, -0.05) is 6.07 Å². The first-order chi connectivity index (χ1) is 11.5. The van der Waals surface area contributed by atoms with Crippen LogP contribution < -0.4 is 0 Å². The molecule has 0 saturated carbocycles. The Hall–Kier alpha value is -3.49. The molecule has 1 aromatic carbocycles. The van der Waals surface area contributed by atoms with Crippen LogP contribution in [-0.2, 0) is 11.3 Å². The van der Waals surface area contributed by atoms with Crippen molar-refractivity contribution < 1.29 is 23.3 Å². The SMILES string of the molecule is Cc1ccc(C(=O)OCc2nnc(-c3ccco3)o2)cc1[N+](=O)[O-]. The van der Waals surface area contributed by atoms with Crippen molar-refractivity contribution >= 4 is 11.7 Å². The van der Waals surface area contributed by atoms with Gasteiger partial charge in [0, 0.05) is 11.6 Å². The molecule has 2 aromatic heterocycles. The smallest absolute Gasteiger partial charge is 0.338 e. The van der Waals surface area contributed by atoms with E-state index in [0.717, 1.165) is 0 Å². The number of esters is 1. The largest absolute Gasteiger partial charge is 0.459 e. The first-order valence-electron chi connectivity index (χ1n) is 6.83. The highest BCUT2D eigenvalue weighted by atomic mass is 16.6. The van der Waals surface area contributed by atoms with Gasteiger partial charge in [-0.2, -0.15) is 0 Å². The summed E-state index contributed by atoms with van der Waals surface area (Å²) in [5.41, 5.74) is 0.372. The zero-order valence-electron chi connectivity index (χ0n) is 12.5. The summed E-state index contributed by atoms with van der Waals surface area (Å²) in [6.45, 7) is 1.33. The van der Waals surface area contributed by atoms with E-state index in [1.165, 1.54) is 24.5 Å². The molecule has 122 valence electrons. The summed E-state index contributed by atoms with van der Waals surface area (Å²) >= 11 is 0. The number of benzene rings is 1. The molecule has 2 heterocycles. The van der Waals surface area contributed by atoms with E-state index in [-0.39, 0.29) is 29.6 Å². The molecular formula is C15H11N3O6. The average molecular weight is 329 g/mol. The lowest BCUT2D eigenvalue weighted by Crippen LogP contribution is -2.06. The number of aromatic nitrogens is 2. The number of hydrogen-bond acceptors (Lipinski definition) is 8. The number of carbonyl (C=O) groups is 1. The van der Waals surface area contributed by atoms with Crippen LogP contribution in [0.4, 0.5) is 5.69 Å². The monoisotopic (exact) mass is 329 g/mol. The van der Waals surface area contributed by atoms with Crippen molar-refractivity contribution in [3.05, 3.63) is 63.7 Å². The lowest BCUT2D eigenvalue weighted by molar-refractivity contribution is -0.385. The van der Waals surface area contributed by atoms with Crippen molar-refractivity contribution in [2.75, 3.05) is 0 Å². The van der Waals surface area contributed by atoms with Gasteiger partial charge in [0.05, 0.1) is 16.7 Å². The fourth-order valence-corrected chi connectivity index (χ4v) is 1.96. The van der Waals surface area contributed by atoms with Crippen molar-refractivity contribution in [3.63, 3.8) is 0 Å². The summed E-state index contributed by atoms with van der Waals surface area (Å²) in [6, 6.07) is 7.42. The number of nitro groups is 1. The summed E-state index contributed by atoms with van der Waals surface area (Å²) in [4.78, 5) is 22.3. The minimum Gasteiger partial charge on any atom is -0.459 e. The number of carbonyl (C=O) groups excluding carboxylic acids is 1. The lowest BCUT2D eigenvalue weighted by atomic mass is 10.1. The van der Waals surface area contributed by atoms with Crippen molar-refractivity contribution in [1.29, 1.82) is 0 Å². The highest BCUT2D eigenvalue weighted by molar-refractivity contribution is 5.90. The van der Waals surface area contributed by atoms with Crippen molar-refractivity contribution in [2.45, 2.75) is 13.5 Å². The maximum Gasteiger partial charge on any atom is 0.338 e. The quantitative estimate of drug-likeness (QED) is 0.398. The van der Waals surface area contributed by atoms with E-state index in [9.17, 15) is 14.9 Å². The molecule has 0 radical (unpaired) electrons. The predicted molar refractivity (Wildman–Crippen MR) is 79.0 cm³/mol. The molecule has 3 aromatic rings. The van der Waals surface area contributed by atoms with Gasteiger partial charge in [0.25, 0.3) is 17.5 Å². The van der Waals surface area contributed by atoms with Crippen LogP contribution in [0.3, 0.4) is 0 Å². The normalized spacial score (nSPS) is 10.5. The molecule has 0 aliphatic carbocycles. The minimum atomic E-state index is -0.726. The van der Waals surface area contributed by atoms with E-state index in [2.05, 4.69) is 10.2 Å². The molecule has 0 aliphatic heterocycles. The van der Waals surface area contributed by atoms with Gasteiger partial charge in [0.15, 0.2) is 12.4 Å². The van der Waals surface area contributed by atoms with Crippen LogP contribution in [0.15, 0.2) is 45.4 Å². The zero-order chi connectivity index (χ0) is 17.1. The molecule has 3 rings (SSSR count). The van der Waals surface area contributed by atoms with Gasteiger partial charge in [0.1, 0.15) is 0 Å². The number of hydrogen-bond donors (Lipinski definition) is 0. The highest BCUT2D eigenvalue weighted by Crippen LogP contribution is 2.21. The number of furan rings is 1. The van der Waals surface area contributed by atoms with Crippen LogP contribution in [0, 0.1) is 17.0 Å². The minimum absolute atomic E-state index is 0.0677. The van der Waals surface area contributed by atoms with Crippen LogP contribution in [-0.4, -0.2) is 21.1 Å². The summed E-state index contributed by atoms with van der Waals surface area (Å²) in [6.07, 6.45) is 1.46. The van der Waals surface area contributed by atoms with E-state index in [0.29, 0.717) is 11.3 Å². The van der Waals surface area contributed by atoms with E-state index in [1.54, 1.807) is 19.1 Å². The van der Waals surface area contributed by atoms with E-state index < -0.39 is 10.9 Å². The Morgan fingerprint density at radius 2 is 2.17 bits per heavy atom. The Balaban J connectivity index is 1.68. The maximum absolute atomic E-state index is 12.0. The summed E-state index contributed by atoms with van der Waals surface area (Å²) in [5, 5.41) is 18.4. The van der Waals surface area contributed by atoms with Crippen LogP contribution in [0.5, 0.6) is 0 Å². The first kappa shape index (κ1) is 15.4. The Kier molecular flexibility index (Phi) is 4.06. The molecule has 0 bridgehead atoms. The predicted octanol–water partition coefficient (Wildman–Crippen LogP) is 2.90. The second kappa shape index (κ2) is 6.32. The molecule has 0 saturated heterocycles. The van der Waals surface area contributed by atoms with E-state index >= 15 is 0 Å². The van der Waals surface area contributed by atoms with Crippen molar-refractivity contribution in [3.8, 4) is 11.7 Å². The summed E-state index contributed by atoms with van der Waals surface area (Å²) < 4.78 is 15.4. The molecule has 0 unspecified atom stereocenters. The molecule has 0 N–H and O–H groups in total. The van der Waals surface area contributed by atoms with Gasteiger partial charge in [-0.25, -0.2) is 4.79 Å². The lowest BCUT2D eigenvalue weighted by Gasteiger charge is -2.03. The number of ether oxygens (including phenoxy) is 1. The van der Waals surface area contributed by atoms with Gasteiger partial charge in [-0.3, -0.25) is 10.1 Å². The molecular weight excluding hydrogens is 318 g/mol. The molecule has 9 heteroatoms. The van der Waals surface area contributed by atoms with Gasteiger partial charge in [0.2, 0.25) is 0 Å². The van der Waals surface area contributed by atoms with E-state index in [4.69, 9.17) is 13.6 Å². The highest BCUT2D eigenvalue weighted by Gasteiger charge is 2.17. The third-order valence-corrected chi connectivity index (χ3v) is 3.17. The van der Waals surface area contributed by atoms with Crippen molar-refractivity contribution in [2.24, 2.45) is 0 Å². The fraction of sp³-hybridized carbons (Fsp3) is 0.133. The van der Waals surface area contributed by atoms with E-state index in [1.807, 2.05) is 0 Å². The average Bonchev–Trinajstić information content (AvgIpc) is 3.24. The molecule has 0 aliphatic rings. The van der Waals surface area contributed by atoms with Crippen LogP contribution in [0.2, 0.25) is 0 Å². The third kappa shape index (κ3) is 3.14. The van der Waals surface area contributed by atoms with Crippen LogP contribution in [0.1, 0.15) is 21.8 Å². The number of nitro benzene ring substituents is 1. The van der Waals surface area contributed by atoms with Crippen LogP contribution >= 0.6 is 0 Å². The molecule has 0 amide bonds. The number of nitrogens with zero attached hydrogens (tertiary/aromatic N) is 3. The number of rotatable bonds is 5. The first-order valence-corrected chi connectivity index (χ1v) is 6.83. The molecule has 9 nitrogen and oxygen atoms in total. The second-order valence-corrected chi connectivity index (χ2v) is 4.81. The standard InChI is InChI=1S/C15H11N3O6/c1-9-4-5-10(7-11(9)18(20)21)15(19)23-8-13-16-17-14(24-13)12-3-2-6-22-12/h2-7H,8H2,1H3. The van der Waals surface area contributed by atoms with Gasteiger partial charge in [-0.15, -0.1) is 10.2 Å².